The molecule has 3 saturated carbocycles. The summed E-state index contributed by atoms with van der Waals surface area (Å²) in [6, 6.07) is -0.496. The van der Waals surface area contributed by atoms with Crippen LogP contribution in [0, 0.1) is 17.3 Å². The molecule has 0 unspecified atom stereocenters. The number of rotatable bonds is 15. The molecule has 0 aromatic heterocycles. The number of esters is 1. The smallest absolute Gasteiger partial charge is 0.331 e. The van der Waals surface area contributed by atoms with Crippen molar-refractivity contribution in [2.45, 2.75) is 162 Å². The van der Waals surface area contributed by atoms with Gasteiger partial charge in [0, 0.05) is 5.71 Å². The fourth-order valence-corrected chi connectivity index (χ4v) is 6.11. The Bertz CT molecular complexity index is 658. The van der Waals surface area contributed by atoms with Crippen LogP contribution in [0.15, 0.2) is 4.99 Å². The highest BCUT2D eigenvalue weighted by Gasteiger charge is 2.61. The second-order valence-corrected chi connectivity index (χ2v) is 13.0. The van der Waals surface area contributed by atoms with E-state index in [9.17, 15) is 9.90 Å². The predicted molar refractivity (Wildman–Crippen MR) is 143 cm³/mol. The van der Waals surface area contributed by atoms with Crippen LogP contribution in [0.1, 0.15) is 145 Å². The van der Waals surface area contributed by atoms with E-state index >= 15 is 0 Å². The van der Waals surface area contributed by atoms with E-state index in [1.807, 2.05) is 27.7 Å². The molecule has 0 aromatic rings. The van der Waals surface area contributed by atoms with Crippen LogP contribution in [-0.4, -0.2) is 34.0 Å². The molecule has 0 radical (unpaired) electrons. The van der Waals surface area contributed by atoms with Crippen LogP contribution in [0.5, 0.6) is 0 Å². The van der Waals surface area contributed by atoms with Crippen molar-refractivity contribution >= 4 is 11.7 Å². The lowest BCUT2D eigenvalue weighted by atomic mass is 9.44. The molecule has 3 fully saturated rings. The molecule has 0 aromatic carbocycles. The topological polar surface area (TPSA) is 58.9 Å². The predicted octanol–water partition coefficient (Wildman–Crippen LogP) is 8.05. The van der Waals surface area contributed by atoms with Gasteiger partial charge in [0.2, 0.25) is 0 Å². The summed E-state index contributed by atoms with van der Waals surface area (Å²) in [6.07, 6.45) is 18.1. The molecule has 0 aliphatic heterocycles. The highest BCUT2D eigenvalue weighted by molar-refractivity contribution is 5.96. The number of carbonyl (C=O) groups excluding carboxylic acids is 1. The Kier molecular flexibility index (Phi) is 11.1. The molecule has 2 bridgehead atoms. The van der Waals surface area contributed by atoms with Crippen LogP contribution >= 0.6 is 0 Å². The van der Waals surface area contributed by atoms with Gasteiger partial charge >= 0.3 is 5.97 Å². The molecule has 4 nitrogen and oxygen atoms in total. The molecule has 0 amide bonds. The molecule has 0 saturated heterocycles. The van der Waals surface area contributed by atoms with Crippen molar-refractivity contribution in [2.75, 3.05) is 0 Å². The number of hydrogen-bond acceptors (Lipinski definition) is 4. The maximum absolute atomic E-state index is 13.0. The Morgan fingerprint density at radius 1 is 0.971 bits per heavy atom. The van der Waals surface area contributed by atoms with Crippen molar-refractivity contribution in [1.29, 1.82) is 0 Å². The van der Waals surface area contributed by atoms with Crippen molar-refractivity contribution in [2.24, 2.45) is 22.2 Å². The van der Waals surface area contributed by atoms with Crippen molar-refractivity contribution in [1.82, 2.24) is 0 Å². The molecular formula is C30H55NO3. The van der Waals surface area contributed by atoms with Gasteiger partial charge < -0.3 is 9.84 Å². The van der Waals surface area contributed by atoms with E-state index in [-0.39, 0.29) is 17.3 Å². The zero-order valence-corrected chi connectivity index (χ0v) is 23.5. The second kappa shape index (κ2) is 12.9. The van der Waals surface area contributed by atoms with Gasteiger partial charge in [-0.1, -0.05) is 97.8 Å². The Morgan fingerprint density at radius 3 is 1.91 bits per heavy atom. The minimum Gasteiger partial charge on any atom is -0.458 e. The van der Waals surface area contributed by atoms with Crippen LogP contribution in [0.4, 0.5) is 0 Å². The van der Waals surface area contributed by atoms with E-state index in [4.69, 9.17) is 9.73 Å². The maximum Gasteiger partial charge on any atom is 0.331 e. The van der Waals surface area contributed by atoms with Crippen LogP contribution < -0.4 is 0 Å². The average Bonchev–Trinajstić information content (AvgIpc) is 2.72. The summed E-state index contributed by atoms with van der Waals surface area (Å²) in [4.78, 5) is 17.9. The van der Waals surface area contributed by atoms with Crippen molar-refractivity contribution in [3.8, 4) is 0 Å². The minimum atomic E-state index is -0.922. The molecule has 198 valence electrons. The van der Waals surface area contributed by atoms with Gasteiger partial charge in [0.15, 0.2) is 0 Å². The summed E-state index contributed by atoms with van der Waals surface area (Å²) in [5.74, 6) is 0.545. The molecule has 34 heavy (non-hydrogen) atoms. The molecule has 4 atom stereocenters. The minimum absolute atomic E-state index is 0.152. The number of ether oxygens (including phenoxy) is 1. The third kappa shape index (κ3) is 8.35. The highest BCUT2D eigenvalue weighted by Crippen LogP contribution is 2.61. The Hall–Kier alpha value is -0.900. The Morgan fingerprint density at radius 2 is 1.47 bits per heavy atom. The summed E-state index contributed by atoms with van der Waals surface area (Å²) in [5, 5.41) is 11.3. The Labute approximate surface area is 210 Å². The molecule has 0 spiro atoms. The molecule has 0 heterocycles. The fourth-order valence-electron chi connectivity index (χ4n) is 6.11. The number of nitrogens with zero attached hydrogens (tertiary/aromatic N) is 1. The van der Waals surface area contributed by atoms with Crippen LogP contribution in [0.3, 0.4) is 0 Å². The highest BCUT2D eigenvalue weighted by atomic mass is 16.6. The molecule has 3 aliphatic carbocycles. The van der Waals surface area contributed by atoms with Gasteiger partial charge in [-0.3, -0.25) is 4.99 Å². The number of hydrogen-bond donors (Lipinski definition) is 1. The lowest BCUT2D eigenvalue weighted by Crippen LogP contribution is -2.65. The lowest BCUT2D eigenvalue weighted by Gasteiger charge is -2.62. The van der Waals surface area contributed by atoms with Gasteiger partial charge in [0.1, 0.15) is 17.2 Å². The van der Waals surface area contributed by atoms with Gasteiger partial charge in [0.25, 0.3) is 0 Å². The monoisotopic (exact) mass is 477 g/mol. The quantitative estimate of drug-likeness (QED) is 0.192. The van der Waals surface area contributed by atoms with E-state index in [0.717, 1.165) is 31.4 Å². The molecule has 4 heteroatoms. The second-order valence-electron chi connectivity index (χ2n) is 13.0. The number of carbonyl (C=O) groups is 1. The summed E-state index contributed by atoms with van der Waals surface area (Å²) < 4.78 is 5.72. The van der Waals surface area contributed by atoms with Gasteiger partial charge in [-0.15, -0.1) is 0 Å². The first-order chi connectivity index (χ1) is 15.9. The SMILES string of the molecule is CCCCCCCCCCCCCC[C@H](N=C1C[C@H]2C[C@H](C2(C)C)[C@@]1(C)O)C(=O)OC(C)(C)C. The Balaban J connectivity index is 1.80. The summed E-state index contributed by atoms with van der Waals surface area (Å²) >= 11 is 0. The summed E-state index contributed by atoms with van der Waals surface area (Å²) in [5.41, 5.74) is -0.470. The molecule has 3 rings (SSSR count). The first-order valence-corrected chi connectivity index (χ1v) is 14.4. The van der Waals surface area contributed by atoms with Crippen LogP contribution in [0.25, 0.3) is 0 Å². The average molecular weight is 478 g/mol. The first kappa shape index (κ1) is 29.3. The number of aliphatic hydroxyl groups is 1. The largest absolute Gasteiger partial charge is 0.458 e. The third-order valence-electron chi connectivity index (χ3n) is 8.49. The summed E-state index contributed by atoms with van der Waals surface area (Å²) in [6.45, 7) is 14.4. The number of fused-ring (bicyclic) bond motifs is 2. The van der Waals surface area contributed by atoms with Crippen LogP contribution in [0.2, 0.25) is 0 Å². The third-order valence-corrected chi connectivity index (χ3v) is 8.49. The van der Waals surface area contributed by atoms with Gasteiger partial charge in [-0.2, -0.15) is 0 Å². The van der Waals surface area contributed by atoms with E-state index < -0.39 is 17.2 Å². The standard InChI is InChI=1S/C30H55NO3/c1-8-9-10-11-12-13-14-15-16-17-18-19-20-24(27(32)34-28(2,3)4)31-26-22-23-21-25(29(23,5)6)30(26,7)33/h23-25,33H,8-22H2,1-7H3/t23-,24+,25-,30-/m1/s1. The zero-order valence-electron chi connectivity index (χ0n) is 23.5. The molecular weight excluding hydrogens is 422 g/mol. The van der Waals surface area contributed by atoms with Crippen LogP contribution in [-0.2, 0) is 9.53 Å². The maximum atomic E-state index is 13.0. The number of unbranched alkanes of at least 4 members (excludes halogenated alkanes) is 11. The van der Waals surface area contributed by atoms with E-state index in [1.54, 1.807) is 0 Å². The lowest BCUT2D eigenvalue weighted by molar-refractivity contribution is -0.156. The normalized spacial score (nSPS) is 27.9. The van der Waals surface area contributed by atoms with Crippen molar-refractivity contribution in [3.63, 3.8) is 0 Å². The van der Waals surface area contributed by atoms with E-state index in [2.05, 4.69) is 20.8 Å². The zero-order chi connectivity index (χ0) is 25.4. The fraction of sp³-hybridized carbons (Fsp3) is 0.933. The van der Waals surface area contributed by atoms with Crippen molar-refractivity contribution in [3.05, 3.63) is 0 Å². The number of aliphatic imine (C=N–C) groups is 1. The van der Waals surface area contributed by atoms with E-state index in [1.165, 1.54) is 64.2 Å². The van der Waals surface area contributed by atoms with Crippen molar-refractivity contribution < 1.29 is 14.6 Å². The summed E-state index contributed by atoms with van der Waals surface area (Å²) in [7, 11) is 0. The van der Waals surface area contributed by atoms with Gasteiger partial charge in [-0.25, -0.2) is 4.79 Å². The van der Waals surface area contributed by atoms with Gasteiger partial charge in [-0.05, 0) is 64.2 Å². The molecule has 3 aliphatic rings. The van der Waals surface area contributed by atoms with E-state index in [0.29, 0.717) is 12.3 Å². The first-order valence-electron chi connectivity index (χ1n) is 14.4. The van der Waals surface area contributed by atoms with Gasteiger partial charge in [0.05, 0.1) is 0 Å². The molecule has 1 N–H and O–H groups in total.